The van der Waals surface area contributed by atoms with Crippen LogP contribution in [0.15, 0.2) is 47.1 Å². The molecule has 71 valence electrons. The molecule has 1 heterocycles. The third-order valence-electron chi connectivity index (χ3n) is 2.29. The molecule has 0 unspecified atom stereocenters. The lowest BCUT2D eigenvalue weighted by Gasteiger charge is -2.02. The lowest BCUT2D eigenvalue weighted by Crippen LogP contribution is -1.89. The molecule has 0 fully saturated rings. The van der Waals surface area contributed by atoms with E-state index in [1.165, 1.54) is 11.1 Å². The Morgan fingerprint density at radius 2 is 2.00 bits per heavy atom. The quantitative estimate of drug-likeness (QED) is 0.714. The Morgan fingerprint density at radius 3 is 2.71 bits per heavy atom. The van der Waals surface area contributed by atoms with Gasteiger partial charge in [0.15, 0.2) is 0 Å². The Morgan fingerprint density at radius 1 is 1.14 bits per heavy atom. The molecule has 2 rings (SSSR count). The third kappa shape index (κ3) is 2.05. The van der Waals surface area contributed by atoms with Gasteiger partial charge in [-0.1, -0.05) is 24.3 Å². The van der Waals surface area contributed by atoms with Gasteiger partial charge in [0.25, 0.3) is 0 Å². The highest BCUT2D eigenvalue weighted by molar-refractivity contribution is 5.32. The van der Waals surface area contributed by atoms with E-state index in [-0.39, 0.29) is 0 Å². The van der Waals surface area contributed by atoms with Crippen molar-refractivity contribution >= 4 is 0 Å². The lowest BCUT2D eigenvalue weighted by atomic mass is 10.0. The highest BCUT2D eigenvalue weighted by Gasteiger charge is 2.00. The van der Waals surface area contributed by atoms with Crippen LogP contribution in [0.25, 0.3) is 0 Å². The predicted octanol–water partition coefficient (Wildman–Crippen LogP) is 3.38. The SMILES string of the molecule is Cc1ccccc1[CH]Cc1ccco1. The van der Waals surface area contributed by atoms with Crippen molar-refractivity contribution in [2.75, 3.05) is 0 Å². The summed E-state index contributed by atoms with van der Waals surface area (Å²) in [5.41, 5.74) is 2.59. The van der Waals surface area contributed by atoms with Crippen LogP contribution in [0.5, 0.6) is 0 Å². The first-order valence-electron chi connectivity index (χ1n) is 4.77. The van der Waals surface area contributed by atoms with Gasteiger partial charge in [0.2, 0.25) is 0 Å². The third-order valence-corrected chi connectivity index (χ3v) is 2.29. The first kappa shape index (κ1) is 9.07. The summed E-state index contributed by atoms with van der Waals surface area (Å²) in [4.78, 5) is 0. The Kier molecular flexibility index (Phi) is 2.68. The number of benzene rings is 1. The maximum atomic E-state index is 5.26. The lowest BCUT2D eigenvalue weighted by molar-refractivity contribution is 0.519. The summed E-state index contributed by atoms with van der Waals surface area (Å²) in [6, 6.07) is 12.3. The Hall–Kier alpha value is -1.50. The molecule has 1 heteroatoms. The highest BCUT2D eigenvalue weighted by atomic mass is 16.3. The number of furan rings is 1. The van der Waals surface area contributed by atoms with Crippen LogP contribution in [0.2, 0.25) is 0 Å². The first-order valence-corrected chi connectivity index (χ1v) is 4.77. The Labute approximate surface area is 84.4 Å². The van der Waals surface area contributed by atoms with E-state index in [9.17, 15) is 0 Å². The number of aryl methyl sites for hydroxylation is 1. The number of hydrogen-bond donors (Lipinski definition) is 0. The molecule has 0 spiro atoms. The van der Waals surface area contributed by atoms with Gasteiger partial charge in [-0.15, -0.1) is 0 Å². The van der Waals surface area contributed by atoms with Gasteiger partial charge in [0.05, 0.1) is 6.26 Å². The minimum Gasteiger partial charge on any atom is -0.469 e. The summed E-state index contributed by atoms with van der Waals surface area (Å²) in [5.74, 6) is 1.01. The second-order valence-electron chi connectivity index (χ2n) is 3.34. The molecule has 1 aromatic heterocycles. The maximum absolute atomic E-state index is 5.26. The average Bonchev–Trinajstić information content (AvgIpc) is 2.69. The largest absolute Gasteiger partial charge is 0.469 e. The van der Waals surface area contributed by atoms with Crippen molar-refractivity contribution in [3.63, 3.8) is 0 Å². The second-order valence-corrected chi connectivity index (χ2v) is 3.34. The van der Waals surface area contributed by atoms with Gasteiger partial charge in [-0.25, -0.2) is 0 Å². The molecular weight excluding hydrogens is 172 g/mol. The fraction of sp³-hybridized carbons (Fsp3) is 0.154. The molecule has 1 nitrogen and oxygen atoms in total. The van der Waals surface area contributed by atoms with E-state index < -0.39 is 0 Å². The monoisotopic (exact) mass is 185 g/mol. The fourth-order valence-corrected chi connectivity index (χ4v) is 1.46. The molecule has 1 radical (unpaired) electrons. The Balaban J connectivity index is 2.02. The summed E-state index contributed by atoms with van der Waals surface area (Å²) in [7, 11) is 0. The molecular formula is C13H13O. The minimum atomic E-state index is 0.859. The van der Waals surface area contributed by atoms with Crippen molar-refractivity contribution in [1.29, 1.82) is 0 Å². The summed E-state index contributed by atoms with van der Waals surface area (Å²) in [6.07, 6.45) is 4.76. The molecule has 0 N–H and O–H groups in total. The topological polar surface area (TPSA) is 13.1 Å². The molecule has 0 atom stereocenters. The van der Waals surface area contributed by atoms with Crippen LogP contribution >= 0.6 is 0 Å². The summed E-state index contributed by atoms with van der Waals surface area (Å²) < 4.78 is 5.26. The van der Waals surface area contributed by atoms with Crippen molar-refractivity contribution in [1.82, 2.24) is 0 Å². The van der Waals surface area contributed by atoms with Crippen molar-refractivity contribution in [3.05, 3.63) is 66.0 Å². The molecule has 0 aliphatic carbocycles. The van der Waals surface area contributed by atoms with Gasteiger partial charge >= 0.3 is 0 Å². The molecule has 1 aromatic carbocycles. The normalized spacial score (nSPS) is 10.4. The van der Waals surface area contributed by atoms with Gasteiger partial charge in [-0.05, 0) is 36.6 Å². The maximum Gasteiger partial charge on any atom is 0.104 e. The average molecular weight is 185 g/mol. The molecule has 0 bridgehead atoms. The van der Waals surface area contributed by atoms with Crippen molar-refractivity contribution in [3.8, 4) is 0 Å². The van der Waals surface area contributed by atoms with Crippen LogP contribution in [-0.2, 0) is 6.42 Å². The summed E-state index contributed by atoms with van der Waals surface area (Å²) in [5, 5.41) is 0. The second kappa shape index (κ2) is 4.14. The first-order chi connectivity index (χ1) is 6.86. The van der Waals surface area contributed by atoms with Gasteiger partial charge in [-0.2, -0.15) is 0 Å². The van der Waals surface area contributed by atoms with Crippen LogP contribution in [0.1, 0.15) is 16.9 Å². The molecule has 0 aliphatic rings. The number of hydrogen-bond acceptors (Lipinski definition) is 1. The van der Waals surface area contributed by atoms with Crippen LogP contribution < -0.4 is 0 Å². The molecule has 2 aromatic rings. The summed E-state index contributed by atoms with van der Waals surface area (Å²) in [6.45, 7) is 2.12. The zero-order chi connectivity index (χ0) is 9.80. The van der Waals surface area contributed by atoms with Crippen LogP contribution in [-0.4, -0.2) is 0 Å². The van der Waals surface area contributed by atoms with Crippen LogP contribution in [0, 0.1) is 13.3 Å². The molecule has 0 amide bonds. The molecule has 0 saturated heterocycles. The molecule has 14 heavy (non-hydrogen) atoms. The van der Waals surface area contributed by atoms with E-state index in [1.807, 2.05) is 12.1 Å². The van der Waals surface area contributed by atoms with Crippen molar-refractivity contribution in [2.45, 2.75) is 13.3 Å². The van der Waals surface area contributed by atoms with E-state index in [0.717, 1.165) is 12.2 Å². The van der Waals surface area contributed by atoms with Gasteiger partial charge in [-0.3, -0.25) is 0 Å². The van der Waals surface area contributed by atoms with Crippen LogP contribution in [0.3, 0.4) is 0 Å². The van der Waals surface area contributed by atoms with Gasteiger partial charge in [0, 0.05) is 6.42 Å². The van der Waals surface area contributed by atoms with E-state index in [0.29, 0.717) is 0 Å². The predicted molar refractivity (Wildman–Crippen MR) is 57.0 cm³/mol. The van der Waals surface area contributed by atoms with E-state index in [2.05, 4.69) is 37.6 Å². The smallest absolute Gasteiger partial charge is 0.104 e. The molecule has 0 saturated carbocycles. The standard InChI is InChI=1S/C13H13O/c1-11-5-2-3-6-12(11)8-9-13-7-4-10-14-13/h2-8,10H,9H2,1H3. The van der Waals surface area contributed by atoms with Gasteiger partial charge < -0.3 is 4.42 Å². The molecule has 0 aliphatic heterocycles. The fourth-order valence-electron chi connectivity index (χ4n) is 1.46. The summed E-state index contributed by atoms with van der Waals surface area (Å²) >= 11 is 0. The minimum absolute atomic E-state index is 0.859. The van der Waals surface area contributed by atoms with Crippen LogP contribution in [0.4, 0.5) is 0 Å². The van der Waals surface area contributed by atoms with Gasteiger partial charge in [0.1, 0.15) is 5.76 Å². The highest BCUT2D eigenvalue weighted by Crippen LogP contribution is 2.13. The van der Waals surface area contributed by atoms with Crippen molar-refractivity contribution in [2.24, 2.45) is 0 Å². The Bertz CT molecular complexity index is 387. The van der Waals surface area contributed by atoms with E-state index in [4.69, 9.17) is 4.42 Å². The van der Waals surface area contributed by atoms with E-state index >= 15 is 0 Å². The zero-order valence-electron chi connectivity index (χ0n) is 8.23. The zero-order valence-corrected chi connectivity index (χ0v) is 8.23. The van der Waals surface area contributed by atoms with E-state index in [1.54, 1.807) is 6.26 Å². The van der Waals surface area contributed by atoms with Crippen molar-refractivity contribution < 1.29 is 4.42 Å². The number of rotatable bonds is 3.